The lowest BCUT2D eigenvalue weighted by molar-refractivity contribution is 0.627. The zero-order chi connectivity index (χ0) is 13.8. The van der Waals surface area contributed by atoms with Gasteiger partial charge in [-0.1, -0.05) is 29.8 Å². The fraction of sp³-hybridized carbons (Fsp3) is 0.188. The number of nitrogens with zero attached hydrogens (tertiary/aromatic N) is 1. The van der Waals surface area contributed by atoms with Crippen molar-refractivity contribution < 1.29 is 4.39 Å². The number of benzene rings is 2. The van der Waals surface area contributed by atoms with Crippen LogP contribution in [0.3, 0.4) is 0 Å². The number of hydrogen-bond donors (Lipinski definition) is 1. The van der Waals surface area contributed by atoms with E-state index in [9.17, 15) is 4.39 Å². The third-order valence-corrected chi connectivity index (χ3v) is 3.01. The molecule has 0 aliphatic carbocycles. The highest BCUT2D eigenvalue weighted by atomic mass is 19.1. The fourth-order valence-corrected chi connectivity index (χ4v) is 1.96. The molecule has 2 rings (SSSR count). The summed E-state index contributed by atoms with van der Waals surface area (Å²) in [4.78, 5) is 0. The number of nitrogens with one attached hydrogen (secondary N) is 1. The quantitative estimate of drug-likeness (QED) is 0.891. The van der Waals surface area contributed by atoms with Crippen LogP contribution in [0.25, 0.3) is 0 Å². The third kappa shape index (κ3) is 3.11. The maximum atomic E-state index is 13.8. The summed E-state index contributed by atoms with van der Waals surface area (Å²) in [5.74, 6) is -0.404. The van der Waals surface area contributed by atoms with E-state index in [0.29, 0.717) is 11.3 Å². The summed E-state index contributed by atoms with van der Waals surface area (Å²) in [5.41, 5.74) is 3.01. The molecule has 96 valence electrons. The van der Waals surface area contributed by atoms with E-state index in [1.165, 1.54) is 11.6 Å². The molecule has 0 radical (unpaired) electrons. The number of rotatable bonds is 3. The summed E-state index contributed by atoms with van der Waals surface area (Å²) in [6.45, 7) is 4.00. The topological polar surface area (TPSA) is 35.8 Å². The number of anilines is 1. The molecule has 0 aromatic heterocycles. The summed E-state index contributed by atoms with van der Waals surface area (Å²) < 4.78 is 13.8. The van der Waals surface area contributed by atoms with E-state index in [0.717, 1.165) is 5.56 Å². The van der Waals surface area contributed by atoms with Crippen molar-refractivity contribution in [1.82, 2.24) is 0 Å². The van der Waals surface area contributed by atoms with Crippen molar-refractivity contribution in [2.45, 2.75) is 19.9 Å². The molecular weight excluding hydrogens is 239 g/mol. The summed E-state index contributed by atoms with van der Waals surface area (Å²) in [6, 6.07) is 14.5. The van der Waals surface area contributed by atoms with E-state index in [1.54, 1.807) is 12.1 Å². The van der Waals surface area contributed by atoms with Crippen molar-refractivity contribution in [2.75, 3.05) is 5.32 Å². The Kier molecular flexibility index (Phi) is 3.82. The van der Waals surface area contributed by atoms with Crippen LogP contribution >= 0.6 is 0 Å². The minimum Gasteiger partial charge on any atom is -0.376 e. The molecule has 0 spiro atoms. The van der Waals surface area contributed by atoms with Crippen molar-refractivity contribution in [3.05, 3.63) is 65.0 Å². The molecule has 0 aliphatic heterocycles. The lowest BCUT2D eigenvalue weighted by Gasteiger charge is -2.16. The van der Waals surface area contributed by atoms with Gasteiger partial charge in [0.25, 0.3) is 0 Å². The monoisotopic (exact) mass is 254 g/mol. The van der Waals surface area contributed by atoms with Gasteiger partial charge in [-0.15, -0.1) is 0 Å². The first kappa shape index (κ1) is 13.1. The predicted octanol–water partition coefficient (Wildman–Crippen LogP) is 4.18. The van der Waals surface area contributed by atoms with Gasteiger partial charge < -0.3 is 5.32 Å². The molecular formula is C16H15FN2. The molecule has 0 bridgehead atoms. The predicted molar refractivity (Wildman–Crippen MR) is 74.3 cm³/mol. The molecule has 19 heavy (non-hydrogen) atoms. The summed E-state index contributed by atoms with van der Waals surface area (Å²) >= 11 is 0. The largest absolute Gasteiger partial charge is 0.376 e. The SMILES string of the molecule is Cc1cccc(C(C)Nc2ccc(C#N)cc2F)c1. The van der Waals surface area contributed by atoms with Gasteiger partial charge in [-0.05, 0) is 37.6 Å². The molecule has 0 amide bonds. The Labute approximate surface area is 112 Å². The minimum atomic E-state index is -0.404. The van der Waals surface area contributed by atoms with Crippen LogP contribution in [0.15, 0.2) is 42.5 Å². The van der Waals surface area contributed by atoms with Crippen LogP contribution in [0.1, 0.15) is 29.7 Å². The Bertz CT molecular complexity index is 629. The smallest absolute Gasteiger partial charge is 0.147 e. The second-order valence-corrected chi connectivity index (χ2v) is 4.59. The standard InChI is InChI=1S/C16H15FN2/c1-11-4-3-5-14(8-11)12(2)19-16-7-6-13(10-18)9-15(16)17/h3-9,12,19H,1-2H3. The van der Waals surface area contributed by atoms with Crippen LogP contribution in [0.4, 0.5) is 10.1 Å². The van der Waals surface area contributed by atoms with Gasteiger partial charge in [-0.3, -0.25) is 0 Å². The van der Waals surface area contributed by atoms with Crippen LogP contribution in [0.5, 0.6) is 0 Å². The first-order valence-corrected chi connectivity index (χ1v) is 6.13. The normalized spacial score (nSPS) is 11.7. The van der Waals surface area contributed by atoms with Gasteiger partial charge in [0.15, 0.2) is 0 Å². The van der Waals surface area contributed by atoms with Gasteiger partial charge in [-0.25, -0.2) is 4.39 Å². The average molecular weight is 254 g/mol. The Balaban J connectivity index is 2.20. The van der Waals surface area contributed by atoms with Crippen LogP contribution in [0.2, 0.25) is 0 Å². The number of aryl methyl sites for hydroxylation is 1. The van der Waals surface area contributed by atoms with E-state index in [2.05, 4.69) is 11.4 Å². The highest BCUT2D eigenvalue weighted by molar-refractivity contribution is 5.50. The Morgan fingerprint density at radius 3 is 2.63 bits per heavy atom. The van der Waals surface area contributed by atoms with Gasteiger partial charge in [0, 0.05) is 6.04 Å². The summed E-state index contributed by atoms with van der Waals surface area (Å²) in [6.07, 6.45) is 0. The molecule has 1 unspecified atom stereocenters. The Hall–Kier alpha value is -2.34. The van der Waals surface area contributed by atoms with E-state index in [4.69, 9.17) is 5.26 Å². The molecule has 1 atom stereocenters. The highest BCUT2D eigenvalue weighted by Crippen LogP contribution is 2.22. The zero-order valence-electron chi connectivity index (χ0n) is 10.9. The minimum absolute atomic E-state index is 0.00216. The molecule has 2 nitrogen and oxygen atoms in total. The number of halogens is 1. The Morgan fingerprint density at radius 2 is 2.00 bits per heavy atom. The van der Waals surface area contributed by atoms with Crippen molar-refractivity contribution in [1.29, 1.82) is 5.26 Å². The van der Waals surface area contributed by atoms with Gasteiger partial charge in [-0.2, -0.15) is 5.26 Å². The number of nitriles is 1. The van der Waals surface area contributed by atoms with E-state index in [1.807, 2.05) is 38.1 Å². The first-order chi connectivity index (χ1) is 9.10. The Morgan fingerprint density at radius 1 is 1.21 bits per heavy atom. The van der Waals surface area contributed by atoms with Crippen LogP contribution in [0, 0.1) is 24.1 Å². The van der Waals surface area contributed by atoms with Crippen molar-refractivity contribution in [2.24, 2.45) is 0 Å². The lowest BCUT2D eigenvalue weighted by atomic mass is 10.1. The molecule has 3 heteroatoms. The average Bonchev–Trinajstić information content (AvgIpc) is 2.41. The second kappa shape index (κ2) is 5.53. The fourth-order valence-electron chi connectivity index (χ4n) is 1.96. The van der Waals surface area contributed by atoms with Gasteiger partial charge in [0.05, 0.1) is 17.3 Å². The first-order valence-electron chi connectivity index (χ1n) is 6.13. The van der Waals surface area contributed by atoms with E-state index in [-0.39, 0.29) is 6.04 Å². The second-order valence-electron chi connectivity index (χ2n) is 4.59. The van der Waals surface area contributed by atoms with E-state index < -0.39 is 5.82 Å². The number of hydrogen-bond acceptors (Lipinski definition) is 2. The molecule has 1 N–H and O–H groups in total. The van der Waals surface area contributed by atoms with Gasteiger partial charge in [0.2, 0.25) is 0 Å². The van der Waals surface area contributed by atoms with Gasteiger partial charge in [0.1, 0.15) is 5.82 Å². The molecule has 2 aromatic rings. The van der Waals surface area contributed by atoms with Crippen molar-refractivity contribution >= 4 is 5.69 Å². The maximum absolute atomic E-state index is 13.8. The van der Waals surface area contributed by atoms with Gasteiger partial charge >= 0.3 is 0 Å². The molecule has 0 saturated carbocycles. The molecule has 0 heterocycles. The van der Waals surface area contributed by atoms with Crippen LogP contribution < -0.4 is 5.32 Å². The lowest BCUT2D eigenvalue weighted by Crippen LogP contribution is -2.08. The van der Waals surface area contributed by atoms with Crippen molar-refractivity contribution in [3.8, 4) is 6.07 Å². The summed E-state index contributed by atoms with van der Waals surface area (Å²) in [5, 5.41) is 11.8. The van der Waals surface area contributed by atoms with E-state index >= 15 is 0 Å². The molecule has 0 saturated heterocycles. The van der Waals surface area contributed by atoms with Crippen LogP contribution in [-0.4, -0.2) is 0 Å². The highest BCUT2D eigenvalue weighted by Gasteiger charge is 2.09. The molecule has 0 fully saturated rings. The zero-order valence-corrected chi connectivity index (χ0v) is 10.9. The summed E-state index contributed by atoms with van der Waals surface area (Å²) in [7, 11) is 0. The van der Waals surface area contributed by atoms with Crippen molar-refractivity contribution in [3.63, 3.8) is 0 Å². The third-order valence-electron chi connectivity index (χ3n) is 3.01. The van der Waals surface area contributed by atoms with Crippen LogP contribution in [-0.2, 0) is 0 Å². The maximum Gasteiger partial charge on any atom is 0.147 e. The molecule has 2 aromatic carbocycles. The molecule has 0 aliphatic rings.